The molecule has 0 fully saturated rings. The lowest BCUT2D eigenvalue weighted by molar-refractivity contribution is -0.385. The van der Waals surface area contributed by atoms with Crippen LogP contribution in [0.25, 0.3) is 0 Å². The average Bonchev–Trinajstić information content (AvgIpc) is 2.58. The first kappa shape index (κ1) is 18.4. The fourth-order valence-corrected chi connectivity index (χ4v) is 3.71. The second-order valence-electron chi connectivity index (χ2n) is 5.46. The van der Waals surface area contributed by atoms with Crippen LogP contribution in [0.5, 0.6) is 0 Å². The number of hydrogen-bond acceptors (Lipinski definition) is 6. The minimum absolute atomic E-state index is 0.123. The second kappa shape index (κ2) is 7.78. The van der Waals surface area contributed by atoms with Crippen LogP contribution in [-0.4, -0.2) is 22.2 Å². The number of terminal acetylenes is 1. The van der Waals surface area contributed by atoms with Crippen molar-refractivity contribution in [2.24, 2.45) is 10.9 Å². The molecule has 0 radical (unpaired) electrons. The predicted octanol–water partition coefficient (Wildman–Crippen LogP) is 3.46. The van der Waals surface area contributed by atoms with Gasteiger partial charge in [-0.15, -0.1) is 6.42 Å². The molecular weight excluding hydrogens is 338 g/mol. The van der Waals surface area contributed by atoms with Crippen molar-refractivity contribution < 1.29 is 9.72 Å². The van der Waals surface area contributed by atoms with Gasteiger partial charge in [0.05, 0.1) is 28.2 Å². The van der Waals surface area contributed by atoms with E-state index >= 15 is 0 Å². The van der Waals surface area contributed by atoms with E-state index < -0.39 is 16.8 Å². The number of nitrogens with zero attached hydrogens (tertiary/aromatic N) is 3. The van der Waals surface area contributed by atoms with Crippen LogP contribution >= 0.6 is 11.8 Å². The molecule has 0 aliphatic carbocycles. The highest BCUT2D eigenvalue weighted by molar-refractivity contribution is 8.03. The molecule has 0 N–H and O–H groups in total. The zero-order chi connectivity index (χ0) is 18.6. The Morgan fingerprint density at radius 3 is 2.72 bits per heavy atom. The molecule has 0 bridgehead atoms. The van der Waals surface area contributed by atoms with Crippen LogP contribution in [-0.2, 0) is 4.79 Å². The summed E-state index contributed by atoms with van der Waals surface area (Å²) in [6.07, 6.45) is 5.28. The van der Waals surface area contributed by atoms with Gasteiger partial charge >= 0.3 is 0 Å². The smallest absolute Gasteiger partial charge is 0.273 e. The zero-order valence-corrected chi connectivity index (χ0v) is 14.5. The van der Waals surface area contributed by atoms with Crippen LogP contribution in [0.4, 0.5) is 5.69 Å². The molecule has 126 valence electrons. The number of nitro groups is 1. The van der Waals surface area contributed by atoms with E-state index in [1.807, 2.05) is 0 Å². The highest BCUT2D eigenvalue weighted by Gasteiger charge is 2.40. The number of ketones is 1. The van der Waals surface area contributed by atoms with E-state index in [0.717, 1.165) is 0 Å². The summed E-state index contributed by atoms with van der Waals surface area (Å²) in [6.45, 7) is 3.10. The van der Waals surface area contributed by atoms with Gasteiger partial charge in [-0.2, -0.15) is 5.26 Å². The monoisotopic (exact) mass is 353 g/mol. The summed E-state index contributed by atoms with van der Waals surface area (Å²) in [5, 5.41) is 21.5. The number of hydrogen-bond donors (Lipinski definition) is 0. The molecular formula is C18H15N3O3S. The van der Waals surface area contributed by atoms with E-state index in [1.165, 1.54) is 24.8 Å². The normalized spacial score (nSPS) is 19.6. The third-order valence-electron chi connectivity index (χ3n) is 3.92. The number of allylic oxidation sites excluding steroid dienone is 1. The molecule has 0 amide bonds. The second-order valence-corrected chi connectivity index (χ2v) is 6.42. The van der Waals surface area contributed by atoms with E-state index in [9.17, 15) is 20.2 Å². The molecule has 1 heterocycles. The van der Waals surface area contributed by atoms with Crippen molar-refractivity contribution in [3.05, 3.63) is 50.5 Å². The van der Waals surface area contributed by atoms with Crippen molar-refractivity contribution in [2.45, 2.75) is 19.8 Å². The molecule has 0 saturated carbocycles. The molecule has 2 rings (SSSR count). The van der Waals surface area contributed by atoms with Crippen molar-refractivity contribution >= 4 is 28.9 Å². The summed E-state index contributed by atoms with van der Waals surface area (Å²) in [6, 6.07) is 8.25. The third kappa shape index (κ3) is 3.62. The van der Waals surface area contributed by atoms with Crippen LogP contribution in [0.3, 0.4) is 0 Å². The quantitative estimate of drug-likeness (QED) is 0.459. The number of thioether (sulfide) groups is 1. The van der Waals surface area contributed by atoms with Gasteiger partial charge in [-0.3, -0.25) is 14.9 Å². The number of para-hydroxylation sites is 1. The van der Waals surface area contributed by atoms with Crippen LogP contribution in [0, 0.1) is 39.7 Å². The Hall–Kier alpha value is -2.90. The first-order chi connectivity index (χ1) is 11.9. The van der Waals surface area contributed by atoms with Crippen LogP contribution in [0.1, 0.15) is 25.3 Å². The zero-order valence-electron chi connectivity index (χ0n) is 13.7. The third-order valence-corrected chi connectivity index (χ3v) is 4.82. The summed E-state index contributed by atoms with van der Waals surface area (Å²) in [4.78, 5) is 27.5. The standard InChI is InChI=1S/C18H15N3O3S/c1-4-9-25-18-14(10-19)17(16(12(3)22)11(2)20-18)13-7-5-6-8-15(13)21(23)24/h1,5-8,16-17H,9H2,2-3H3/t16?,17-/m1/s1. The van der Waals surface area contributed by atoms with Gasteiger partial charge in [0.15, 0.2) is 0 Å². The summed E-state index contributed by atoms with van der Waals surface area (Å²) in [5.74, 6) is 1.12. The lowest BCUT2D eigenvalue weighted by atomic mass is 9.75. The van der Waals surface area contributed by atoms with Crippen molar-refractivity contribution in [3.8, 4) is 18.4 Å². The Kier molecular flexibility index (Phi) is 5.74. The molecule has 1 aliphatic heterocycles. The summed E-state index contributed by atoms with van der Waals surface area (Å²) >= 11 is 1.21. The van der Waals surface area contributed by atoms with E-state index in [0.29, 0.717) is 22.1 Å². The van der Waals surface area contributed by atoms with E-state index in [1.54, 1.807) is 25.1 Å². The topological polar surface area (TPSA) is 96.4 Å². The Morgan fingerprint density at radius 1 is 1.48 bits per heavy atom. The fourth-order valence-electron chi connectivity index (χ4n) is 2.95. The largest absolute Gasteiger partial charge is 0.299 e. The van der Waals surface area contributed by atoms with Crippen molar-refractivity contribution in [1.82, 2.24) is 0 Å². The summed E-state index contributed by atoms with van der Waals surface area (Å²) < 4.78 is 0. The Labute approximate surface area is 149 Å². The molecule has 1 unspecified atom stereocenters. The van der Waals surface area contributed by atoms with Gasteiger partial charge < -0.3 is 0 Å². The minimum Gasteiger partial charge on any atom is -0.299 e. The van der Waals surface area contributed by atoms with E-state index in [4.69, 9.17) is 6.42 Å². The maximum atomic E-state index is 12.2. The molecule has 7 heteroatoms. The van der Waals surface area contributed by atoms with Gasteiger partial charge in [-0.1, -0.05) is 35.9 Å². The maximum absolute atomic E-state index is 12.2. The number of benzene rings is 1. The van der Waals surface area contributed by atoms with Crippen molar-refractivity contribution in [3.63, 3.8) is 0 Å². The number of carbonyl (C=O) groups excluding carboxylic acids is 1. The molecule has 0 saturated heterocycles. The van der Waals surface area contributed by atoms with Gasteiger partial charge in [0.2, 0.25) is 0 Å². The lowest BCUT2D eigenvalue weighted by Crippen LogP contribution is -2.31. The molecule has 25 heavy (non-hydrogen) atoms. The molecule has 6 nitrogen and oxygen atoms in total. The van der Waals surface area contributed by atoms with E-state index in [-0.39, 0.29) is 17.0 Å². The molecule has 2 atom stereocenters. The summed E-state index contributed by atoms with van der Waals surface area (Å²) in [7, 11) is 0. The fraction of sp³-hybridized carbons (Fsp3) is 0.278. The molecule has 1 aromatic rings. The Bertz CT molecular complexity index is 874. The Morgan fingerprint density at radius 2 is 2.16 bits per heavy atom. The SMILES string of the molecule is C#CCSC1=C(C#N)[C@@H](c2ccccc2[N+](=O)[O-])C(C(C)=O)C(C)=N1. The van der Waals surface area contributed by atoms with Crippen LogP contribution < -0.4 is 0 Å². The first-order valence-corrected chi connectivity index (χ1v) is 8.40. The van der Waals surface area contributed by atoms with Gasteiger partial charge in [-0.25, -0.2) is 4.99 Å². The van der Waals surface area contributed by atoms with E-state index in [2.05, 4.69) is 17.0 Å². The van der Waals surface area contributed by atoms with Crippen molar-refractivity contribution in [1.29, 1.82) is 5.26 Å². The summed E-state index contributed by atoms with van der Waals surface area (Å²) in [5.41, 5.74) is 0.967. The maximum Gasteiger partial charge on any atom is 0.273 e. The number of rotatable bonds is 5. The highest BCUT2D eigenvalue weighted by Crippen LogP contribution is 2.44. The predicted molar refractivity (Wildman–Crippen MR) is 97.0 cm³/mol. The van der Waals surface area contributed by atoms with Gasteiger partial charge in [-0.05, 0) is 13.8 Å². The number of aliphatic imine (C=N–C) groups is 1. The van der Waals surface area contributed by atoms with Crippen LogP contribution in [0.2, 0.25) is 0 Å². The minimum atomic E-state index is -0.748. The molecule has 0 aromatic heterocycles. The van der Waals surface area contributed by atoms with Gasteiger partial charge in [0.25, 0.3) is 5.69 Å². The number of Topliss-reactive ketones (excluding diaryl/α,β-unsaturated/α-hetero) is 1. The number of nitro benzene ring substituents is 1. The molecule has 1 aliphatic rings. The van der Waals surface area contributed by atoms with Gasteiger partial charge in [0, 0.05) is 23.3 Å². The molecule has 0 spiro atoms. The Balaban J connectivity index is 2.73. The first-order valence-electron chi connectivity index (χ1n) is 7.41. The van der Waals surface area contributed by atoms with Crippen molar-refractivity contribution in [2.75, 3.05) is 5.75 Å². The van der Waals surface area contributed by atoms with Crippen LogP contribution in [0.15, 0.2) is 39.9 Å². The number of nitriles is 1. The number of carbonyl (C=O) groups is 1. The lowest BCUT2D eigenvalue weighted by Gasteiger charge is -2.29. The highest BCUT2D eigenvalue weighted by atomic mass is 32.2. The van der Waals surface area contributed by atoms with Gasteiger partial charge in [0.1, 0.15) is 10.8 Å². The average molecular weight is 353 g/mol. The molecule has 1 aromatic carbocycles.